The van der Waals surface area contributed by atoms with Crippen LogP contribution in [0.4, 0.5) is 5.69 Å². The highest BCUT2D eigenvalue weighted by atomic mass is 16.6. The minimum Gasteiger partial charge on any atom is -0.396 e. The molecule has 0 aliphatic carbocycles. The minimum atomic E-state index is -0.469. The predicted octanol–water partition coefficient (Wildman–Crippen LogP) is 1.92. The number of hydrogen-bond acceptors (Lipinski definition) is 4. The van der Waals surface area contributed by atoms with E-state index in [1.54, 1.807) is 17.2 Å². The zero-order chi connectivity index (χ0) is 15.7. The first-order chi connectivity index (χ1) is 10.6. The summed E-state index contributed by atoms with van der Waals surface area (Å²) in [6.45, 7) is 1.25. The zero-order valence-electron chi connectivity index (χ0n) is 12.0. The van der Waals surface area contributed by atoms with Crippen molar-refractivity contribution in [1.82, 2.24) is 9.88 Å². The number of aromatic amines is 1. The predicted molar refractivity (Wildman–Crippen MR) is 80.7 cm³/mol. The van der Waals surface area contributed by atoms with Crippen LogP contribution in [0.1, 0.15) is 23.2 Å². The SMILES string of the molecule is O=C(c1c[nH]c2ccc([N+](=O)[O-])cc12)N1CCCC(CO)C1. The fourth-order valence-corrected chi connectivity index (χ4v) is 2.97. The van der Waals surface area contributed by atoms with Gasteiger partial charge in [0.25, 0.3) is 11.6 Å². The molecule has 1 aromatic carbocycles. The van der Waals surface area contributed by atoms with E-state index in [0.29, 0.717) is 29.6 Å². The van der Waals surface area contributed by atoms with Crippen LogP contribution in [0.5, 0.6) is 0 Å². The van der Waals surface area contributed by atoms with E-state index in [2.05, 4.69) is 4.98 Å². The molecule has 1 fully saturated rings. The van der Waals surface area contributed by atoms with Crippen molar-refractivity contribution >= 4 is 22.5 Å². The van der Waals surface area contributed by atoms with E-state index in [1.165, 1.54) is 12.1 Å². The average molecular weight is 303 g/mol. The van der Waals surface area contributed by atoms with E-state index in [0.717, 1.165) is 12.8 Å². The molecule has 1 atom stereocenters. The van der Waals surface area contributed by atoms with Crippen LogP contribution in [0.3, 0.4) is 0 Å². The Hall–Kier alpha value is -2.41. The summed E-state index contributed by atoms with van der Waals surface area (Å²) in [4.78, 5) is 27.8. The van der Waals surface area contributed by atoms with Crippen LogP contribution >= 0.6 is 0 Å². The molecule has 0 bridgehead atoms. The van der Waals surface area contributed by atoms with Gasteiger partial charge in [-0.3, -0.25) is 14.9 Å². The Morgan fingerprint density at radius 3 is 3.05 bits per heavy atom. The van der Waals surface area contributed by atoms with Crippen molar-refractivity contribution in [3.8, 4) is 0 Å². The molecule has 116 valence electrons. The Bertz CT molecular complexity index is 725. The molecule has 1 aliphatic rings. The summed E-state index contributed by atoms with van der Waals surface area (Å²) in [5.41, 5.74) is 1.11. The Morgan fingerprint density at radius 2 is 2.32 bits per heavy atom. The first kappa shape index (κ1) is 14.5. The van der Waals surface area contributed by atoms with Gasteiger partial charge in [0.2, 0.25) is 0 Å². The quantitative estimate of drug-likeness (QED) is 0.668. The molecule has 1 amide bonds. The molecule has 2 N–H and O–H groups in total. The van der Waals surface area contributed by atoms with Crippen molar-refractivity contribution in [2.24, 2.45) is 5.92 Å². The molecule has 1 saturated heterocycles. The molecular formula is C15H17N3O4. The number of hydrogen-bond donors (Lipinski definition) is 2. The topological polar surface area (TPSA) is 99.5 Å². The second-order valence-electron chi connectivity index (χ2n) is 5.63. The van der Waals surface area contributed by atoms with Crippen LogP contribution in [-0.2, 0) is 0 Å². The monoisotopic (exact) mass is 303 g/mol. The number of carbonyl (C=O) groups excluding carboxylic acids is 1. The number of benzene rings is 1. The fourth-order valence-electron chi connectivity index (χ4n) is 2.97. The van der Waals surface area contributed by atoms with Gasteiger partial charge in [-0.05, 0) is 24.8 Å². The number of aliphatic hydroxyl groups is 1. The van der Waals surface area contributed by atoms with Crippen molar-refractivity contribution in [2.45, 2.75) is 12.8 Å². The summed E-state index contributed by atoms with van der Waals surface area (Å²) in [6.07, 6.45) is 3.37. The van der Waals surface area contributed by atoms with Gasteiger partial charge in [-0.2, -0.15) is 0 Å². The first-order valence-corrected chi connectivity index (χ1v) is 7.26. The van der Waals surface area contributed by atoms with E-state index in [9.17, 15) is 20.0 Å². The fraction of sp³-hybridized carbons (Fsp3) is 0.400. The van der Waals surface area contributed by atoms with Crippen LogP contribution in [0.15, 0.2) is 24.4 Å². The van der Waals surface area contributed by atoms with Gasteiger partial charge < -0.3 is 15.0 Å². The van der Waals surface area contributed by atoms with E-state index >= 15 is 0 Å². The minimum absolute atomic E-state index is 0.0342. The molecule has 1 aliphatic heterocycles. The van der Waals surface area contributed by atoms with Gasteiger partial charge in [0, 0.05) is 48.9 Å². The van der Waals surface area contributed by atoms with E-state index in [4.69, 9.17) is 0 Å². The van der Waals surface area contributed by atoms with Gasteiger partial charge in [0.15, 0.2) is 0 Å². The van der Waals surface area contributed by atoms with Gasteiger partial charge in [-0.15, -0.1) is 0 Å². The summed E-state index contributed by atoms with van der Waals surface area (Å²) in [6, 6.07) is 4.44. The van der Waals surface area contributed by atoms with Crippen molar-refractivity contribution in [3.05, 3.63) is 40.1 Å². The number of fused-ring (bicyclic) bond motifs is 1. The zero-order valence-corrected chi connectivity index (χ0v) is 12.0. The molecule has 0 saturated carbocycles. The Balaban J connectivity index is 1.93. The lowest BCUT2D eigenvalue weighted by Crippen LogP contribution is -2.40. The average Bonchev–Trinajstić information content (AvgIpc) is 2.97. The summed E-state index contributed by atoms with van der Waals surface area (Å²) in [5.74, 6) is -0.0397. The third kappa shape index (κ3) is 2.55. The molecular weight excluding hydrogens is 286 g/mol. The highest BCUT2D eigenvalue weighted by molar-refractivity contribution is 6.07. The number of nitrogens with one attached hydrogen (secondary N) is 1. The van der Waals surface area contributed by atoms with E-state index in [-0.39, 0.29) is 24.1 Å². The number of carbonyl (C=O) groups is 1. The molecule has 3 rings (SSSR count). The number of amides is 1. The van der Waals surface area contributed by atoms with Gasteiger partial charge in [-0.1, -0.05) is 0 Å². The van der Waals surface area contributed by atoms with Gasteiger partial charge in [0.1, 0.15) is 0 Å². The highest BCUT2D eigenvalue weighted by Crippen LogP contribution is 2.26. The summed E-state index contributed by atoms with van der Waals surface area (Å²) < 4.78 is 0. The first-order valence-electron chi connectivity index (χ1n) is 7.26. The number of aromatic nitrogens is 1. The van der Waals surface area contributed by atoms with Gasteiger partial charge >= 0.3 is 0 Å². The lowest BCUT2D eigenvalue weighted by molar-refractivity contribution is -0.384. The standard InChI is InChI=1S/C15H17N3O4/c19-9-10-2-1-5-17(8-10)15(20)13-7-16-14-4-3-11(18(21)22)6-12(13)14/h3-4,6-7,10,16,19H,1-2,5,8-9H2. The highest BCUT2D eigenvalue weighted by Gasteiger charge is 2.26. The third-order valence-corrected chi connectivity index (χ3v) is 4.17. The Morgan fingerprint density at radius 1 is 1.50 bits per heavy atom. The summed E-state index contributed by atoms with van der Waals surface area (Å²) in [7, 11) is 0. The Labute approximate surface area is 126 Å². The maximum absolute atomic E-state index is 12.7. The largest absolute Gasteiger partial charge is 0.396 e. The van der Waals surface area contributed by atoms with Crippen LogP contribution in [0.25, 0.3) is 10.9 Å². The number of non-ortho nitro benzene ring substituents is 1. The number of nitrogens with zero attached hydrogens (tertiary/aromatic N) is 2. The second kappa shape index (κ2) is 5.76. The normalized spacial score (nSPS) is 18.6. The molecule has 1 unspecified atom stereocenters. The number of aliphatic hydroxyl groups excluding tert-OH is 1. The summed E-state index contributed by atoms with van der Waals surface area (Å²) >= 11 is 0. The van der Waals surface area contributed by atoms with Crippen molar-refractivity contribution in [1.29, 1.82) is 0 Å². The van der Waals surface area contributed by atoms with Gasteiger partial charge in [0.05, 0.1) is 10.5 Å². The maximum Gasteiger partial charge on any atom is 0.270 e. The van der Waals surface area contributed by atoms with Crippen molar-refractivity contribution < 1.29 is 14.8 Å². The Kier molecular flexibility index (Phi) is 3.81. The molecule has 1 aromatic heterocycles. The van der Waals surface area contributed by atoms with Crippen LogP contribution in [0, 0.1) is 16.0 Å². The molecule has 7 heteroatoms. The van der Waals surface area contributed by atoms with E-state index < -0.39 is 4.92 Å². The van der Waals surface area contributed by atoms with Crippen LogP contribution in [-0.4, -0.2) is 45.5 Å². The van der Waals surface area contributed by atoms with Crippen LogP contribution in [0.2, 0.25) is 0 Å². The smallest absolute Gasteiger partial charge is 0.270 e. The maximum atomic E-state index is 12.7. The molecule has 7 nitrogen and oxygen atoms in total. The second-order valence-corrected chi connectivity index (χ2v) is 5.63. The van der Waals surface area contributed by atoms with Crippen molar-refractivity contribution in [3.63, 3.8) is 0 Å². The number of likely N-dealkylation sites (tertiary alicyclic amines) is 1. The number of nitro benzene ring substituents is 1. The van der Waals surface area contributed by atoms with Gasteiger partial charge in [-0.25, -0.2) is 0 Å². The number of piperidine rings is 1. The molecule has 0 spiro atoms. The number of rotatable bonds is 3. The lowest BCUT2D eigenvalue weighted by atomic mass is 9.98. The van der Waals surface area contributed by atoms with E-state index in [1.807, 2.05) is 0 Å². The molecule has 22 heavy (non-hydrogen) atoms. The molecule has 2 heterocycles. The molecule has 0 radical (unpaired) electrons. The summed E-state index contributed by atoms with van der Waals surface area (Å²) in [5, 5.41) is 20.7. The number of nitro groups is 1. The number of H-pyrrole nitrogens is 1. The van der Waals surface area contributed by atoms with Crippen molar-refractivity contribution in [2.75, 3.05) is 19.7 Å². The van der Waals surface area contributed by atoms with Crippen LogP contribution < -0.4 is 0 Å². The third-order valence-electron chi connectivity index (χ3n) is 4.17. The lowest BCUT2D eigenvalue weighted by Gasteiger charge is -2.31. The molecule has 2 aromatic rings.